The fraction of sp³-hybridized carbons (Fsp3) is 0.348. The summed E-state index contributed by atoms with van der Waals surface area (Å²) in [4.78, 5) is 2.46. The molecule has 0 unspecified atom stereocenters. The Balaban J connectivity index is 1.46. The van der Waals surface area contributed by atoms with E-state index in [-0.39, 0.29) is 0 Å². The number of aromatic amines is 1. The van der Waals surface area contributed by atoms with E-state index in [9.17, 15) is 0 Å². The van der Waals surface area contributed by atoms with E-state index in [0.717, 1.165) is 78.6 Å². The van der Waals surface area contributed by atoms with Crippen molar-refractivity contribution in [2.24, 2.45) is 0 Å². The largest absolute Gasteiger partial charge is 0.493 e. The number of allylic oxidation sites excluding steroid dienone is 1. The van der Waals surface area contributed by atoms with Crippen molar-refractivity contribution >= 4 is 17.0 Å². The van der Waals surface area contributed by atoms with Crippen LogP contribution in [0.4, 0.5) is 0 Å². The first-order valence-corrected chi connectivity index (χ1v) is 10.3. The predicted molar refractivity (Wildman–Crippen MR) is 114 cm³/mol. The molecular formula is C23H26N4O2. The molecule has 2 N–H and O–H groups in total. The molecule has 2 aliphatic rings. The molecule has 1 aromatic heterocycles. The molecule has 0 aliphatic carbocycles. The Kier molecular flexibility index (Phi) is 4.96. The van der Waals surface area contributed by atoms with Crippen LogP contribution < -0.4 is 14.8 Å². The fourth-order valence-electron chi connectivity index (χ4n) is 4.14. The Hall–Kier alpha value is -2.83. The molecule has 0 radical (unpaired) electrons. The molecule has 2 aliphatic heterocycles. The summed E-state index contributed by atoms with van der Waals surface area (Å²) in [5.74, 6) is 2.83. The van der Waals surface area contributed by atoms with E-state index in [1.807, 2.05) is 25.1 Å². The summed E-state index contributed by atoms with van der Waals surface area (Å²) in [7, 11) is 0. The van der Waals surface area contributed by atoms with Gasteiger partial charge in [-0.05, 0) is 19.1 Å². The van der Waals surface area contributed by atoms with Gasteiger partial charge in [0.15, 0.2) is 0 Å². The first-order chi connectivity index (χ1) is 14.3. The maximum atomic E-state index is 6.38. The Morgan fingerprint density at radius 2 is 2.03 bits per heavy atom. The molecule has 29 heavy (non-hydrogen) atoms. The molecule has 1 saturated heterocycles. The summed E-state index contributed by atoms with van der Waals surface area (Å²) < 4.78 is 12.3. The molecular weight excluding hydrogens is 364 g/mol. The molecule has 6 heteroatoms. The van der Waals surface area contributed by atoms with Crippen LogP contribution >= 0.6 is 0 Å². The number of nitrogens with zero attached hydrogens (tertiary/aromatic N) is 2. The van der Waals surface area contributed by atoms with Crippen molar-refractivity contribution in [3.8, 4) is 11.5 Å². The van der Waals surface area contributed by atoms with E-state index >= 15 is 0 Å². The zero-order valence-electron chi connectivity index (χ0n) is 16.7. The number of H-pyrrole nitrogens is 1. The first-order valence-electron chi connectivity index (χ1n) is 10.3. The van der Waals surface area contributed by atoms with Crippen molar-refractivity contribution in [1.29, 1.82) is 0 Å². The fourth-order valence-corrected chi connectivity index (χ4v) is 4.14. The van der Waals surface area contributed by atoms with Gasteiger partial charge in [0, 0.05) is 56.2 Å². The average Bonchev–Trinajstić information content (AvgIpc) is 3.35. The third-order valence-electron chi connectivity index (χ3n) is 5.58. The molecule has 3 aromatic rings. The zero-order valence-corrected chi connectivity index (χ0v) is 16.7. The lowest BCUT2D eigenvalue weighted by Crippen LogP contribution is -2.43. The minimum atomic E-state index is 0.649. The predicted octanol–water partition coefficient (Wildman–Crippen LogP) is 3.34. The van der Waals surface area contributed by atoms with Crippen molar-refractivity contribution in [3.63, 3.8) is 0 Å². The van der Waals surface area contributed by atoms with E-state index < -0.39 is 0 Å². The van der Waals surface area contributed by atoms with Crippen molar-refractivity contribution in [3.05, 3.63) is 59.0 Å². The molecule has 2 aromatic carbocycles. The van der Waals surface area contributed by atoms with Gasteiger partial charge in [0.25, 0.3) is 0 Å². The topological polar surface area (TPSA) is 62.4 Å². The molecule has 3 heterocycles. The number of ether oxygens (including phenoxy) is 2. The molecule has 0 spiro atoms. The molecule has 6 nitrogen and oxygen atoms in total. The zero-order chi connectivity index (χ0) is 19.6. The highest BCUT2D eigenvalue weighted by molar-refractivity contribution is 5.86. The minimum absolute atomic E-state index is 0.649. The van der Waals surface area contributed by atoms with Gasteiger partial charge in [-0.1, -0.05) is 24.3 Å². The highest BCUT2D eigenvalue weighted by atomic mass is 16.5. The van der Waals surface area contributed by atoms with Gasteiger partial charge in [-0.25, -0.2) is 0 Å². The van der Waals surface area contributed by atoms with Crippen LogP contribution in [-0.4, -0.2) is 47.9 Å². The van der Waals surface area contributed by atoms with Gasteiger partial charge >= 0.3 is 0 Å². The van der Waals surface area contributed by atoms with Crippen LogP contribution in [0.2, 0.25) is 0 Å². The summed E-state index contributed by atoms with van der Waals surface area (Å²) in [6, 6.07) is 12.4. The SMILES string of the molecule is CCOc1ccc2c(c1CN1CCNCC1)O/C(=C\c1[nH]nc3ccccc13)C2. The number of rotatable bonds is 5. The maximum absolute atomic E-state index is 6.38. The summed E-state index contributed by atoms with van der Waals surface area (Å²) in [6.07, 6.45) is 2.86. The smallest absolute Gasteiger partial charge is 0.138 e. The second-order valence-electron chi connectivity index (χ2n) is 7.53. The van der Waals surface area contributed by atoms with Crippen molar-refractivity contribution in [2.75, 3.05) is 32.8 Å². The lowest BCUT2D eigenvalue weighted by Gasteiger charge is -2.28. The second-order valence-corrected chi connectivity index (χ2v) is 7.53. The number of nitrogens with one attached hydrogen (secondary N) is 2. The van der Waals surface area contributed by atoms with Crippen molar-refractivity contribution < 1.29 is 9.47 Å². The lowest BCUT2D eigenvalue weighted by molar-refractivity contribution is 0.225. The minimum Gasteiger partial charge on any atom is -0.493 e. The number of fused-ring (bicyclic) bond motifs is 2. The van der Waals surface area contributed by atoms with Crippen LogP contribution in [0.1, 0.15) is 23.7 Å². The highest BCUT2D eigenvalue weighted by Gasteiger charge is 2.26. The standard InChI is InChI=1S/C23H26N4O2/c1-2-28-22-8-7-16-13-17(14-21-18-5-3-4-6-20(18)25-26-21)29-23(16)19(22)15-27-11-9-24-10-12-27/h3-8,14,24H,2,9-13,15H2,1H3,(H,25,26)/b17-14-. The first kappa shape index (κ1) is 18.2. The van der Waals surface area contributed by atoms with Crippen LogP contribution in [0.5, 0.6) is 11.5 Å². The van der Waals surface area contributed by atoms with Gasteiger partial charge in [-0.3, -0.25) is 10.00 Å². The Morgan fingerprint density at radius 1 is 1.17 bits per heavy atom. The number of para-hydroxylation sites is 1. The lowest BCUT2D eigenvalue weighted by atomic mass is 10.0. The average molecular weight is 390 g/mol. The van der Waals surface area contributed by atoms with Gasteiger partial charge in [-0.15, -0.1) is 0 Å². The van der Waals surface area contributed by atoms with Crippen LogP contribution in [0.25, 0.3) is 17.0 Å². The van der Waals surface area contributed by atoms with Crippen LogP contribution in [0.15, 0.2) is 42.2 Å². The third kappa shape index (κ3) is 3.61. The molecule has 0 amide bonds. The summed E-state index contributed by atoms with van der Waals surface area (Å²) in [5, 5.41) is 12.0. The highest BCUT2D eigenvalue weighted by Crippen LogP contribution is 2.41. The Labute approximate surface area is 170 Å². The molecule has 0 saturated carbocycles. The normalized spacial score (nSPS) is 18.2. The summed E-state index contributed by atoms with van der Waals surface area (Å²) >= 11 is 0. The van der Waals surface area contributed by atoms with E-state index in [0.29, 0.717) is 6.61 Å². The molecule has 150 valence electrons. The number of benzene rings is 2. The van der Waals surface area contributed by atoms with Crippen molar-refractivity contribution in [2.45, 2.75) is 19.9 Å². The van der Waals surface area contributed by atoms with Crippen LogP contribution in [0, 0.1) is 0 Å². The Morgan fingerprint density at radius 3 is 2.90 bits per heavy atom. The Bertz CT molecular complexity index is 1050. The quantitative estimate of drug-likeness (QED) is 0.700. The molecule has 5 rings (SSSR count). The van der Waals surface area contributed by atoms with E-state index in [2.05, 4.69) is 44.7 Å². The van der Waals surface area contributed by atoms with E-state index in [4.69, 9.17) is 9.47 Å². The number of hydrogen-bond donors (Lipinski definition) is 2. The van der Waals surface area contributed by atoms with Gasteiger partial charge < -0.3 is 14.8 Å². The van der Waals surface area contributed by atoms with Gasteiger partial charge in [0.1, 0.15) is 17.3 Å². The maximum Gasteiger partial charge on any atom is 0.138 e. The van der Waals surface area contributed by atoms with E-state index in [1.165, 1.54) is 5.56 Å². The van der Waals surface area contributed by atoms with Crippen LogP contribution in [-0.2, 0) is 13.0 Å². The van der Waals surface area contributed by atoms with Crippen molar-refractivity contribution in [1.82, 2.24) is 20.4 Å². The number of aromatic nitrogens is 2. The summed E-state index contributed by atoms with van der Waals surface area (Å²) in [6.45, 7) is 7.65. The van der Waals surface area contributed by atoms with Gasteiger partial charge in [-0.2, -0.15) is 5.10 Å². The number of piperazine rings is 1. The van der Waals surface area contributed by atoms with Gasteiger partial charge in [0.2, 0.25) is 0 Å². The van der Waals surface area contributed by atoms with Crippen LogP contribution in [0.3, 0.4) is 0 Å². The molecule has 1 fully saturated rings. The monoisotopic (exact) mass is 390 g/mol. The third-order valence-corrected chi connectivity index (χ3v) is 5.58. The summed E-state index contributed by atoms with van der Waals surface area (Å²) in [5.41, 5.74) is 4.32. The molecule has 0 bridgehead atoms. The van der Waals surface area contributed by atoms with Gasteiger partial charge in [0.05, 0.1) is 23.4 Å². The van der Waals surface area contributed by atoms with E-state index in [1.54, 1.807) is 0 Å². The molecule has 0 atom stereocenters. The second kappa shape index (κ2) is 7.89. The number of hydrogen-bond acceptors (Lipinski definition) is 5.